The highest BCUT2D eigenvalue weighted by Crippen LogP contribution is 2.22. The summed E-state index contributed by atoms with van der Waals surface area (Å²) in [6.07, 6.45) is 0.532. The Kier molecular flexibility index (Phi) is 9.50. The molecule has 0 aromatic rings. The van der Waals surface area contributed by atoms with E-state index in [4.69, 9.17) is 4.74 Å². The van der Waals surface area contributed by atoms with Crippen LogP contribution in [0.4, 0.5) is 4.79 Å². The highest BCUT2D eigenvalue weighted by Gasteiger charge is 2.31. The Balaban J connectivity index is 5.09. The van der Waals surface area contributed by atoms with Crippen molar-refractivity contribution in [1.29, 1.82) is 0 Å². The summed E-state index contributed by atoms with van der Waals surface area (Å²) in [6, 6.07) is -1.34. The Hall–Kier alpha value is -1.59. The van der Waals surface area contributed by atoms with Crippen molar-refractivity contribution >= 4 is 17.8 Å². The third kappa shape index (κ3) is 11.0. The standard InChI is InChI=1S/C21H40N2O4/c1-13(2)16(15(24)11-12-20(5,6)7)22-18(25)17(14(3)4)23-19(26)27-21(8,9)10/h13-14,16-17H,11-12H2,1-10H3,(H,22,25)(H,23,26)/t16-,17?/m0/s1. The van der Waals surface area contributed by atoms with Crippen LogP contribution in [0.1, 0.15) is 82.1 Å². The van der Waals surface area contributed by atoms with Crippen LogP contribution in [0.2, 0.25) is 0 Å². The van der Waals surface area contributed by atoms with E-state index in [1.54, 1.807) is 20.8 Å². The molecule has 0 aromatic carbocycles. The lowest BCUT2D eigenvalue weighted by atomic mass is 9.86. The van der Waals surface area contributed by atoms with Crippen molar-refractivity contribution in [3.63, 3.8) is 0 Å². The summed E-state index contributed by atoms with van der Waals surface area (Å²) < 4.78 is 5.25. The zero-order valence-electron chi connectivity index (χ0n) is 18.9. The molecule has 0 saturated carbocycles. The van der Waals surface area contributed by atoms with Crippen LogP contribution in [0.15, 0.2) is 0 Å². The number of rotatable bonds is 8. The second-order valence-electron chi connectivity index (χ2n) is 10.1. The van der Waals surface area contributed by atoms with Crippen molar-refractivity contribution in [2.24, 2.45) is 17.3 Å². The molecule has 0 fully saturated rings. The van der Waals surface area contributed by atoms with Crippen LogP contribution in [0.5, 0.6) is 0 Å². The second-order valence-corrected chi connectivity index (χ2v) is 10.1. The molecule has 0 saturated heterocycles. The third-order valence-corrected chi connectivity index (χ3v) is 4.05. The summed E-state index contributed by atoms with van der Waals surface area (Å²) in [5.74, 6) is -0.516. The number of hydrogen-bond donors (Lipinski definition) is 2. The molecular formula is C21H40N2O4. The Morgan fingerprint density at radius 2 is 1.30 bits per heavy atom. The van der Waals surface area contributed by atoms with Gasteiger partial charge in [-0.05, 0) is 44.4 Å². The number of alkyl carbamates (subject to hydrolysis) is 1. The molecule has 2 amide bonds. The minimum Gasteiger partial charge on any atom is -0.444 e. The van der Waals surface area contributed by atoms with Crippen molar-refractivity contribution in [2.45, 2.75) is 99.8 Å². The molecule has 0 aliphatic rings. The molecule has 158 valence electrons. The van der Waals surface area contributed by atoms with Gasteiger partial charge in [-0.2, -0.15) is 0 Å². The van der Waals surface area contributed by atoms with Gasteiger partial charge < -0.3 is 15.4 Å². The van der Waals surface area contributed by atoms with E-state index in [1.807, 2.05) is 27.7 Å². The topological polar surface area (TPSA) is 84.5 Å². The van der Waals surface area contributed by atoms with Crippen molar-refractivity contribution < 1.29 is 19.1 Å². The van der Waals surface area contributed by atoms with Crippen LogP contribution < -0.4 is 10.6 Å². The van der Waals surface area contributed by atoms with Gasteiger partial charge in [-0.3, -0.25) is 9.59 Å². The highest BCUT2D eigenvalue weighted by atomic mass is 16.6. The largest absolute Gasteiger partial charge is 0.444 e. The first-order chi connectivity index (χ1) is 12.0. The SMILES string of the molecule is CC(C)C(NC(=O)OC(C)(C)C)C(=O)N[C@H](C(=O)CCC(C)(C)C)C(C)C. The molecule has 0 radical (unpaired) electrons. The van der Waals surface area contributed by atoms with E-state index < -0.39 is 23.8 Å². The van der Waals surface area contributed by atoms with Crippen molar-refractivity contribution in [3.8, 4) is 0 Å². The number of carbonyl (C=O) groups is 3. The first-order valence-electron chi connectivity index (χ1n) is 9.86. The first-order valence-corrected chi connectivity index (χ1v) is 9.86. The van der Waals surface area contributed by atoms with Gasteiger partial charge in [-0.1, -0.05) is 48.5 Å². The lowest BCUT2D eigenvalue weighted by Gasteiger charge is -2.28. The summed E-state index contributed by atoms with van der Waals surface area (Å²) in [4.78, 5) is 37.5. The predicted molar refractivity (Wildman–Crippen MR) is 108 cm³/mol. The molecule has 0 rings (SSSR count). The van der Waals surface area contributed by atoms with Crippen molar-refractivity contribution in [3.05, 3.63) is 0 Å². The van der Waals surface area contributed by atoms with Crippen LogP contribution in [0.25, 0.3) is 0 Å². The van der Waals surface area contributed by atoms with Crippen LogP contribution >= 0.6 is 0 Å². The van der Waals surface area contributed by atoms with Gasteiger partial charge in [0.25, 0.3) is 0 Å². The van der Waals surface area contributed by atoms with E-state index in [0.29, 0.717) is 6.42 Å². The van der Waals surface area contributed by atoms with Crippen LogP contribution in [0, 0.1) is 17.3 Å². The van der Waals surface area contributed by atoms with Gasteiger partial charge in [0, 0.05) is 6.42 Å². The Morgan fingerprint density at radius 1 is 0.815 bits per heavy atom. The molecular weight excluding hydrogens is 344 g/mol. The number of hydrogen-bond acceptors (Lipinski definition) is 4. The molecule has 6 nitrogen and oxygen atoms in total. The Morgan fingerprint density at radius 3 is 1.67 bits per heavy atom. The van der Waals surface area contributed by atoms with E-state index in [1.165, 1.54) is 0 Å². The van der Waals surface area contributed by atoms with Gasteiger partial charge in [0.15, 0.2) is 5.78 Å². The fraction of sp³-hybridized carbons (Fsp3) is 0.857. The smallest absolute Gasteiger partial charge is 0.408 e. The summed E-state index contributed by atoms with van der Waals surface area (Å²) in [6.45, 7) is 19.0. The molecule has 0 spiro atoms. The number of amides is 2. The maximum atomic E-state index is 12.8. The van der Waals surface area contributed by atoms with Gasteiger partial charge in [-0.25, -0.2) is 4.79 Å². The van der Waals surface area contributed by atoms with E-state index >= 15 is 0 Å². The monoisotopic (exact) mass is 384 g/mol. The molecule has 0 heterocycles. The maximum absolute atomic E-state index is 12.8. The molecule has 0 bridgehead atoms. The number of ether oxygens (including phenoxy) is 1. The third-order valence-electron chi connectivity index (χ3n) is 4.05. The van der Waals surface area contributed by atoms with Gasteiger partial charge >= 0.3 is 6.09 Å². The molecule has 2 atom stereocenters. The fourth-order valence-corrected chi connectivity index (χ4v) is 2.49. The lowest BCUT2D eigenvalue weighted by molar-refractivity contribution is -0.130. The summed E-state index contributed by atoms with van der Waals surface area (Å²) in [5.41, 5.74) is -0.592. The van der Waals surface area contributed by atoms with Crippen molar-refractivity contribution in [2.75, 3.05) is 0 Å². The van der Waals surface area contributed by atoms with Gasteiger partial charge in [-0.15, -0.1) is 0 Å². The number of Topliss-reactive ketones (excluding diaryl/α,β-unsaturated/α-hetero) is 1. The maximum Gasteiger partial charge on any atom is 0.408 e. The highest BCUT2D eigenvalue weighted by molar-refractivity contribution is 5.92. The molecule has 1 unspecified atom stereocenters. The van der Waals surface area contributed by atoms with Gasteiger partial charge in [0.1, 0.15) is 11.6 Å². The fourth-order valence-electron chi connectivity index (χ4n) is 2.49. The summed E-state index contributed by atoms with van der Waals surface area (Å²) >= 11 is 0. The zero-order chi connectivity index (χ0) is 21.6. The van der Waals surface area contributed by atoms with Gasteiger partial charge in [0.05, 0.1) is 6.04 Å². The van der Waals surface area contributed by atoms with Crippen molar-refractivity contribution in [1.82, 2.24) is 10.6 Å². The van der Waals surface area contributed by atoms with E-state index in [2.05, 4.69) is 31.4 Å². The predicted octanol–water partition coefficient (Wildman–Crippen LogP) is 4.07. The molecule has 0 aliphatic carbocycles. The molecule has 27 heavy (non-hydrogen) atoms. The molecule has 0 aliphatic heterocycles. The van der Waals surface area contributed by atoms with E-state index in [0.717, 1.165) is 6.42 Å². The lowest BCUT2D eigenvalue weighted by Crippen LogP contribution is -2.55. The van der Waals surface area contributed by atoms with E-state index in [-0.39, 0.29) is 28.9 Å². The Labute approximate surface area is 165 Å². The number of carbonyl (C=O) groups excluding carboxylic acids is 3. The molecule has 0 aromatic heterocycles. The molecule has 2 N–H and O–H groups in total. The average Bonchev–Trinajstić information content (AvgIpc) is 2.44. The second kappa shape index (κ2) is 10.1. The first kappa shape index (κ1) is 25.4. The number of nitrogens with one attached hydrogen (secondary N) is 2. The zero-order valence-corrected chi connectivity index (χ0v) is 18.9. The van der Waals surface area contributed by atoms with Crippen LogP contribution in [0.3, 0.4) is 0 Å². The van der Waals surface area contributed by atoms with E-state index in [9.17, 15) is 14.4 Å². The Bertz CT molecular complexity index is 513. The summed E-state index contributed by atoms with van der Waals surface area (Å²) in [7, 11) is 0. The quantitative estimate of drug-likeness (QED) is 0.660. The van der Waals surface area contributed by atoms with Crippen LogP contribution in [-0.2, 0) is 14.3 Å². The number of ketones is 1. The molecule has 6 heteroatoms. The normalized spacial score (nSPS) is 14.7. The summed E-state index contributed by atoms with van der Waals surface area (Å²) in [5, 5.41) is 5.47. The van der Waals surface area contributed by atoms with Gasteiger partial charge in [0.2, 0.25) is 5.91 Å². The minimum atomic E-state index is -0.767. The average molecular weight is 385 g/mol. The minimum absolute atomic E-state index is 0.0213. The van der Waals surface area contributed by atoms with Crippen LogP contribution in [-0.4, -0.2) is 35.5 Å².